The standard InChI is InChI=1S/C18H23FN6O2/c1-18(3-4-18)23-17(26)27-10-11-5-12(6-11)13-8-20-16(21-9-13)22-15-7-14(19)24-25(15)2/h7-9,11-12H,3-6,10H2,1-2H3,(H,23,26)(H,20,21,22). The van der Waals surface area contributed by atoms with E-state index in [9.17, 15) is 9.18 Å². The second-order valence-electron chi connectivity index (χ2n) is 7.76. The molecule has 0 bridgehead atoms. The Morgan fingerprint density at radius 2 is 2.07 bits per heavy atom. The summed E-state index contributed by atoms with van der Waals surface area (Å²) in [7, 11) is 1.64. The highest BCUT2D eigenvalue weighted by molar-refractivity contribution is 5.68. The fourth-order valence-electron chi connectivity index (χ4n) is 3.21. The molecule has 2 aromatic rings. The van der Waals surface area contributed by atoms with E-state index in [1.54, 1.807) is 19.4 Å². The topological polar surface area (TPSA) is 94.0 Å². The van der Waals surface area contributed by atoms with E-state index in [1.807, 2.05) is 6.92 Å². The maximum absolute atomic E-state index is 13.1. The average Bonchev–Trinajstić information content (AvgIpc) is 3.21. The first kappa shape index (κ1) is 17.7. The van der Waals surface area contributed by atoms with Crippen LogP contribution in [0.25, 0.3) is 0 Å². The normalized spacial score (nSPS) is 22.6. The zero-order valence-electron chi connectivity index (χ0n) is 15.4. The number of carbonyl (C=O) groups excluding carboxylic acids is 1. The van der Waals surface area contributed by atoms with Crippen LogP contribution >= 0.6 is 0 Å². The molecule has 2 aliphatic rings. The van der Waals surface area contributed by atoms with Gasteiger partial charge < -0.3 is 15.4 Å². The van der Waals surface area contributed by atoms with Gasteiger partial charge in [-0.05, 0) is 50.0 Å². The van der Waals surface area contributed by atoms with Crippen molar-refractivity contribution in [1.29, 1.82) is 0 Å². The Kier molecular flexibility index (Phi) is 4.45. The summed E-state index contributed by atoms with van der Waals surface area (Å²) in [5, 5.41) is 9.45. The molecule has 0 aliphatic heterocycles. The second kappa shape index (κ2) is 6.79. The van der Waals surface area contributed by atoms with Crippen LogP contribution in [0.2, 0.25) is 0 Å². The predicted octanol–water partition coefficient (Wildman–Crippen LogP) is 2.87. The van der Waals surface area contributed by atoms with Gasteiger partial charge in [-0.25, -0.2) is 19.4 Å². The Hall–Kier alpha value is -2.71. The molecule has 2 aliphatic carbocycles. The molecule has 0 spiro atoms. The molecule has 4 rings (SSSR count). The summed E-state index contributed by atoms with van der Waals surface area (Å²) in [6.07, 6.45) is 7.20. The highest BCUT2D eigenvalue weighted by atomic mass is 19.1. The first-order valence-corrected chi connectivity index (χ1v) is 9.14. The molecule has 9 heteroatoms. The third-order valence-corrected chi connectivity index (χ3v) is 5.32. The van der Waals surface area contributed by atoms with Gasteiger partial charge in [0.15, 0.2) is 0 Å². The van der Waals surface area contributed by atoms with Crippen molar-refractivity contribution in [3.05, 3.63) is 30.0 Å². The van der Waals surface area contributed by atoms with E-state index in [0.717, 1.165) is 31.2 Å². The Morgan fingerprint density at radius 3 is 2.67 bits per heavy atom. The van der Waals surface area contributed by atoms with Gasteiger partial charge in [0.1, 0.15) is 5.82 Å². The number of carbonyl (C=O) groups is 1. The molecule has 8 nitrogen and oxygen atoms in total. The second-order valence-corrected chi connectivity index (χ2v) is 7.76. The molecule has 2 saturated carbocycles. The van der Waals surface area contributed by atoms with Gasteiger partial charge in [0.25, 0.3) is 0 Å². The van der Waals surface area contributed by atoms with Gasteiger partial charge in [0, 0.05) is 31.0 Å². The van der Waals surface area contributed by atoms with Gasteiger partial charge in [-0.1, -0.05) is 0 Å². The quantitative estimate of drug-likeness (QED) is 0.807. The van der Waals surface area contributed by atoms with E-state index in [-0.39, 0.29) is 11.6 Å². The zero-order chi connectivity index (χ0) is 19.0. The van der Waals surface area contributed by atoms with Gasteiger partial charge >= 0.3 is 6.09 Å². The maximum Gasteiger partial charge on any atom is 0.407 e. The van der Waals surface area contributed by atoms with E-state index in [0.29, 0.717) is 30.2 Å². The lowest BCUT2D eigenvalue weighted by molar-refractivity contribution is 0.0918. The van der Waals surface area contributed by atoms with Crippen LogP contribution in [-0.4, -0.2) is 38.0 Å². The van der Waals surface area contributed by atoms with Gasteiger partial charge in [-0.3, -0.25) is 0 Å². The van der Waals surface area contributed by atoms with Crippen molar-refractivity contribution in [3.63, 3.8) is 0 Å². The van der Waals surface area contributed by atoms with Crippen LogP contribution in [-0.2, 0) is 11.8 Å². The fraction of sp³-hybridized carbons (Fsp3) is 0.556. The number of halogens is 1. The van der Waals surface area contributed by atoms with Crippen LogP contribution in [0.3, 0.4) is 0 Å². The van der Waals surface area contributed by atoms with Crippen LogP contribution in [0.1, 0.15) is 44.1 Å². The van der Waals surface area contributed by atoms with Gasteiger partial charge in [0.05, 0.1) is 6.61 Å². The van der Waals surface area contributed by atoms with Crippen molar-refractivity contribution < 1.29 is 13.9 Å². The lowest BCUT2D eigenvalue weighted by atomic mass is 9.72. The molecule has 2 fully saturated rings. The first-order chi connectivity index (χ1) is 12.9. The van der Waals surface area contributed by atoms with E-state index in [4.69, 9.17) is 4.74 Å². The molecule has 1 amide bonds. The maximum atomic E-state index is 13.1. The number of nitrogens with zero attached hydrogens (tertiary/aromatic N) is 4. The summed E-state index contributed by atoms with van der Waals surface area (Å²) in [5.74, 6) is 1.08. The van der Waals surface area contributed by atoms with Crippen LogP contribution < -0.4 is 10.6 Å². The predicted molar refractivity (Wildman–Crippen MR) is 96.1 cm³/mol. The van der Waals surface area contributed by atoms with Crippen LogP contribution in [0.4, 0.5) is 21.0 Å². The molecule has 0 aromatic carbocycles. The number of anilines is 2. The van der Waals surface area contributed by atoms with E-state index >= 15 is 0 Å². The summed E-state index contributed by atoms with van der Waals surface area (Å²) in [4.78, 5) is 20.3. The molecule has 0 radical (unpaired) electrons. The first-order valence-electron chi connectivity index (χ1n) is 9.14. The van der Waals surface area contributed by atoms with E-state index < -0.39 is 5.95 Å². The number of aryl methyl sites for hydroxylation is 1. The van der Waals surface area contributed by atoms with Crippen LogP contribution in [0, 0.1) is 11.9 Å². The minimum atomic E-state index is -0.556. The number of hydrogen-bond acceptors (Lipinski definition) is 6. The minimum absolute atomic E-state index is 0.0480. The number of nitrogens with one attached hydrogen (secondary N) is 2. The molecule has 2 aromatic heterocycles. The highest BCUT2D eigenvalue weighted by Gasteiger charge is 2.39. The molecule has 0 unspecified atom stereocenters. The average molecular weight is 374 g/mol. The van der Waals surface area contributed by atoms with Gasteiger partial charge in [-0.15, -0.1) is 5.10 Å². The molecule has 27 heavy (non-hydrogen) atoms. The Labute approximate surface area is 156 Å². The minimum Gasteiger partial charge on any atom is -0.449 e. The Balaban J connectivity index is 1.22. The van der Waals surface area contributed by atoms with Crippen molar-refractivity contribution in [2.75, 3.05) is 11.9 Å². The van der Waals surface area contributed by atoms with E-state index in [2.05, 4.69) is 25.7 Å². The summed E-state index contributed by atoms with van der Waals surface area (Å²) >= 11 is 0. The molecule has 0 saturated heterocycles. The monoisotopic (exact) mass is 374 g/mol. The molecule has 2 N–H and O–H groups in total. The molecule has 0 atom stereocenters. The number of alkyl carbamates (subject to hydrolysis) is 1. The fourth-order valence-corrected chi connectivity index (χ4v) is 3.21. The van der Waals surface area contributed by atoms with Gasteiger partial charge in [0.2, 0.25) is 11.9 Å². The Morgan fingerprint density at radius 1 is 1.37 bits per heavy atom. The summed E-state index contributed by atoms with van der Waals surface area (Å²) in [6.45, 7) is 2.47. The third kappa shape index (κ3) is 4.17. The SMILES string of the molecule is Cn1nc(F)cc1Nc1ncc(C2CC(COC(=O)NC3(C)CC3)C2)cn1. The van der Waals surface area contributed by atoms with Crippen molar-refractivity contribution >= 4 is 17.9 Å². The number of ether oxygens (including phenoxy) is 1. The van der Waals surface area contributed by atoms with Crippen molar-refractivity contribution in [1.82, 2.24) is 25.1 Å². The number of aromatic nitrogens is 4. The largest absolute Gasteiger partial charge is 0.449 e. The molecular weight excluding hydrogens is 351 g/mol. The lowest BCUT2D eigenvalue weighted by Crippen LogP contribution is -2.36. The summed E-state index contributed by atoms with van der Waals surface area (Å²) in [6, 6.07) is 1.29. The van der Waals surface area contributed by atoms with Crippen LogP contribution in [0.5, 0.6) is 0 Å². The third-order valence-electron chi connectivity index (χ3n) is 5.32. The smallest absolute Gasteiger partial charge is 0.407 e. The lowest BCUT2D eigenvalue weighted by Gasteiger charge is -2.34. The zero-order valence-corrected chi connectivity index (χ0v) is 15.4. The number of hydrogen-bond donors (Lipinski definition) is 2. The molecule has 144 valence electrons. The number of amides is 1. The summed E-state index contributed by atoms with van der Waals surface area (Å²) in [5.41, 5.74) is 1.01. The molecule has 2 heterocycles. The number of rotatable bonds is 6. The highest BCUT2D eigenvalue weighted by Crippen LogP contribution is 2.41. The Bertz CT molecular complexity index is 827. The van der Waals surface area contributed by atoms with Gasteiger partial charge in [-0.2, -0.15) is 4.39 Å². The molecular formula is C18H23FN6O2. The summed E-state index contributed by atoms with van der Waals surface area (Å²) < 4.78 is 19.8. The van der Waals surface area contributed by atoms with E-state index in [1.165, 1.54) is 10.7 Å². The van der Waals surface area contributed by atoms with Crippen molar-refractivity contribution in [3.8, 4) is 0 Å². The van der Waals surface area contributed by atoms with Crippen molar-refractivity contribution in [2.45, 2.75) is 44.1 Å². The van der Waals surface area contributed by atoms with Crippen molar-refractivity contribution in [2.24, 2.45) is 13.0 Å². The van der Waals surface area contributed by atoms with Crippen LogP contribution in [0.15, 0.2) is 18.5 Å².